The van der Waals surface area contributed by atoms with Crippen molar-refractivity contribution in [2.45, 2.75) is 72.1 Å². The lowest BCUT2D eigenvalue weighted by Crippen LogP contribution is -2.33. The van der Waals surface area contributed by atoms with E-state index in [1.807, 2.05) is 17.9 Å². The monoisotopic (exact) mass is 282 g/mol. The van der Waals surface area contributed by atoms with Crippen LogP contribution in [0.1, 0.15) is 72.1 Å². The van der Waals surface area contributed by atoms with Gasteiger partial charge in [-0.1, -0.05) is 45.6 Å². The first-order chi connectivity index (χ1) is 9.67. The van der Waals surface area contributed by atoms with Crippen molar-refractivity contribution in [3.8, 4) is 0 Å². The van der Waals surface area contributed by atoms with Crippen LogP contribution in [0.3, 0.4) is 0 Å². The third-order valence-corrected chi connectivity index (χ3v) is 3.55. The van der Waals surface area contributed by atoms with Crippen molar-refractivity contribution in [1.82, 2.24) is 4.90 Å². The van der Waals surface area contributed by atoms with Crippen LogP contribution in [0.2, 0.25) is 0 Å². The van der Waals surface area contributed by atoms with Gasteiger partial charge in [0.05, 0.1) is 0 Å². The maximum absolute atomic E-state index is 12.5. The highest BCUT2D eigenvalue weighted by atomic mass is 16.2. The molecule has 3 heteroatoms. The Labute approximate surface area is 125 Å². The Morgan fingerprint density at radius 1 is 1.00 bits per heavy atom. The number of nitrogens with zero attached hydrogens (tertiary/aromatic N) is 1. The number of nitrogens with two attached hydrogens (primary N) is 1. The number of carbonyl (C=O) groups is 1. The summed E-state index contributed by atoms with van der Waals surface area (Å²) in [5.41, 5.74) is 6.37. The van der Waals surface area contributed by atoms with Crippen LogP contribution in [0.15, 0.2) is 11.6 Å². The molecule has 0 aromatic carbocycles. The molecule has 3 nitrogen and oxygen atoms in total. The van der Waals surface area contributed by atoms with Crippen LogP contribution < -0.4 is 5.73 Å². The molecule has 0 aliphatic rings. The first-order valence-electron chi connectivity index (χ1n) is 8.33. The van der Waals surface area contributed by atoms with E-state index in [0.29, 0.717) is 6.54 Å². The van der Waals surface area contributed by atoms with Crippen molar-refractivity contribution in [2.24, 2.45) is 5.73 Å². The zero-order valence-electron chi connectivity index (χ0n) is 13.8. The van der Waals surface area contributed by atoms with Gasteiger partial charge in [-0.3, -0.25) is 4.79 Å². The predicted molar refractivity (Wildman–Crippen MR) is 87.7 cm³/mol. The Hall–Kier alpha value is -0.830. The highest BCUT2D eigenvalue weighted by molar-refractivity contribution is 5.92. The van der Waals surface area contributed by atoms with Gasteiger partial charge in [0.1, 0.15) is 0 Å². The largest absolute Gasteiger partial charge is 0.339 e. The minimum Gasteiger partial charge on any atom is -0.339 e. The molecule has 0 fully saturated rings. The highest BCUT2D eigenvalue weighted by Gasteiger charge is 2.14. The molecule has 0 atom stereocenters. The summed E-state index contributed by atoms with van der Waals surface area (Å²) < 4.78 is 0. The smallest absolute Gasteiger partial charge is 0.249 e. The maximum atomic E-state index is 12.5. The highest BCUT2D eigenvalue weighted by Crippen LogP contribution is 2.09. The van der Waals surface area contributed by atoms with Crippen molar-refractivity contribution < 1.29 is 4.79 Å². The zero-order valence-corrected chi connectivity index (χ0v) is 13.8. The van der Waals surface area contributed by atoms with Gasteiger partial charge < -0.3 is 10.6 Å². The van der Waals surface area contributed by atoms with Crippen LogP contribution in [-0.2, 0) is 4.79 Å². The lowest BCUT2D eigenvalue weighted by molar-refractivity contribution is -0.127. The topological polar surface area (TPSA) is 46.3 Å². The lowest BCUT2D eigenvalue weighted by atomic mass is 10.1. The summed E-state index contributed by atoms with van der Waals surface area (Å²) in [5.74, 6) is 0.217. The van der Waals surface area contributed by atoms with Gasteiger partial charge in [0.2, 0.25) is 5.91 Å². The van der Waals surface area contributed by atoms with Crippen LogP contribution in [0.25, 0.3) is 0 Å². The van der Waals surface area contributed by atoms with Gasteiger partial charge in [-0.05, 0) is 39.2 Å². The number of carbonyl (C=O) groups excluding carboxylic acids is 1. The van der Waals surface area contributed by atoms with Crippen molar-refractivity contribution >= 4 is 5.91 Å². The number of rotatable bonds is 12. The lowest BCUT2D eigenvalue weighted by Gasteiger charge is -2.23. The molecule has 118 valence electrons. The second-order valence-corrected chi connectivity index (χ2v) is 5.52. The summed E-state index contributed by atoms with van der Waals surface area (Å²) in [6.45, 7) is 8.82. The van der Waals surface area contributed by atoms with Crippen molar-refractivity contribution in [2.75, 3.05) is 19.6 Å². The van der Waals surface area contributed by atoms with Gasteiger partial charge in [0.25, 0.3) is 0 Å². The minimum absolute atomic E-state index is 0.217. The molecule has 0 bridgehead atoms. The van der Waals surface area contributed by atoms with E-state index in [-0.39, 0.29) is 5.91 Å². The molecule has 2 N–H and O–H groups in total. The number of hydrogen-bond donors (Lipinski definition) is 1. The molecular weight excluding hydrogens is 248 g/mol. The van der Waals surface area contributed by atoms with Crippen LogP contribution in [0, 0.1) is 0 Å². The Morgan fingerprint density at radius 2 is 1.55 bits per heavy atom. The van der Waals surface area contributed by atoms with E-state index >= 15 is 0 Å². The molecule has 0 saturated carbocycles. The molecule has 0 rings (SSSR count). The van der Waals surface area contributed by atoms with Gasteiger partial charge in [-0.25, -0.2) is 0 Å². The van der Waals surface area contributed by atoms with Crippen molar-refractivity contribution in [1.29, 1.82) is 0 Å². The molecule has 0 unspecified atom stereocenters. The van der Waals surface area contributed by atoms with E-state index in [0.717, 1.165) is 44.3 Å². The number of unbranched alkanes of at least 4 members (excludes halogenated alkanes) is 5. The van der Waals surface area contributed by atoms with E-state index < -0.39 is 0 Å². The summed E-state index contributed by atoms with van der Waals surface area (Å²) in [6, 6.07) is 0. The molecule has 0 aromatic rings. The number of amides is 1. The molecule has 1 amide bonds. The fourth-order valence-electron chi connectivity index (χ4n) is 2.19. The molecule has 0 heterocycles. The first kappa shape index (κ1) is 19.2. The van der Waals surface area contributed by atoms with Crippen LogP contribution in [0.5, 0.6) is 0 Å². The van der Waals surface area contributed by atoms with Gasteiger partial charge in [0, 0.05) is 18.7 Å². The Morgan fingerprint density at radius 3 is 2.00 bits per heavy atom. The third-order valence-electron chi connectivity index (χ3n) is 3.55. The Kier molecular flexibility index (Phi) is 12.6. The average Bonchev–Trinajstić information content (AvgIpc) is 2.45. The molecule has 0 radical (unpaired) electrons. The van der Waals surface area contributed by atoms with Gasteiger partial charge in [0.15, 0.2) is 0 Å². The Balaban J connectivity index is 4.39. The van der Waals surface area contributed by atoms with Gasteiger partial charge in [-0.15, -0.1) is 0 Å². The molecule has 0 saturated heterocycles. The van der Waals surface area contributed by atoms with Crippen molar-refractivity contribution in [3.05, 3.63) is 11.6 Å². The fraction of sp³-hybridized carbons (Fsp3) is 0.824. The number of hydrogen-bond acceptors (Lipinski definition) is 2. The SMILES string of the molecule is CCCCCN(CCCCC)C(=O)C(C)=CCCCN. The number of allylic oxidation sites excluding steroid dienone is 1. The molecule has 0 aromatic heterocycles. The Bertz CT molecular complexity index is 264. The second-order valence-electron chi connectivity index (χ2n) is 5.52. The summed E-state index contributed by atoms with van der Waals surface area (Å²) in [5, 5.41) is 0. The first-order valence-corrected chi connectivity index (χ1v) is 8.33. The van der Waals surface area contributed by atoms with Gasteiger partial charge in [-0.2, -0.15) is 0 Å². The fourth-order valence-corrected chi connectivity index (χ4v) is 2.19. The van der Waals surface area contributed by atoms with E-state index in [4.69, 9.17) is 5.73 Å². The quantitative estimate of drug-likeness (QED) is 0.436. The van der Waals surface area contributed by atoms with Crippen LogP contribution in [-0.4, -0.2) is 30.4 Å². The standard InChI is InChI=1S/C17H34N2O/c1-4-6-10-14-19(15-11-7-5-2)17(20)16(3)12-8-9-13-18/h12H,4-11,13-15,18H2,1-3H3. The molecular formula is C17H34N2O. The van der Waals surface area contributed by atoms with Crippen molar-refractivity contribution in [3.63, 3.8) is 0 Å². The maximum Gasteiger partial charge on any atom is 0.249 e. The zero-order chi connectivity index (χ0) is 15.2. The van der Waals surface area contributed by atoms with E-state index in [9.17, 15) is 4.79 Å². The van der Waals surface area contributed by atoms with Crippen LogP contribution in [0.4, 0.5) is 0 Å². The predicted octanol–water partition coefficient (Wildman–Crippen LogP) is 3.88. The van der Waals surface area contributed by atoms with E-state index in [2.05, 4.69) is 13.8 Å². The summed E-state index contributed by atoms with van der Waals surface area (Å²) in [6.07, 6.45) is 10.9. The second kappa shape index (κ2) is 13.2. The summed E-state index contributed by atoms with van der Waals surface area (Å²) in [7, 11) is 0. The molecule has 0 spiro atoms. The van der Waals surface area contributed by atoms with Gasteiger partial charge >= 0.3 is 0 Å². The average molecular weight is 282 g/mol. The van der Waals surface area contributed by atoms with Crippen LogP contribution >= 0.6 is 0 Å². The summed E-state index contributed by atoms with van der Waals surface area (Å²) in [4.78, 5) is 14.5. The summed E-state index contributed by atoms with van der Waals surface area (Å²) >= 11 is 0. The van der Waals surface area contributed by atoms with E-state index in [1.165, 1.54) is 25.7 Å². The molecule has 20 heavy (non-hydrogen) atoms. The minimum atomic E-state index is 0.217. The van der Waals surface area contributed by atoms with E-state index in [1.54, 1.807) is 0 Å². The normalized spacial score (nSPS) is 11.7. The third kappa shape index (κ3) is 9.13. The molecule has 0 aliphatic carbocycles. The molecule has 0 aliphatic heterocycles.